The molecule has 134 valence electrons. The molecule has 0 aliphatic carbocycles. The molecule has 27 heavy (non-hydrogen) atoms. The molecule has 0 unspecified atom stereocenters. The van der Waals surface area contributed by atoms with Gasteiger partial charge in [-0.25, -0.2) is 4.98 Å². The molecule has 0 saturated carbocycles. The van der Waals surface area contributed by atoms with E-state index in [4.69, 9.17) is 0 Å². The van der Waals surface area contributed by atoms with Crippen LogP contribution in [0.2, 0.25) is 0 Å². The number of aromatic nitrogens is 3. The zero-order chi connectivity index (χ0) is 19.0. The summed E-state index contributed by atoms with van der Waals surface area (Å²) in [6.45, 7) is 1.45. The second-order valence-corrected chi connectivity index (χ2v) is 6.99. The maximum atomic E-state index is 12.3. The first-order valence-corrected chi connectivity index (χ1v) is 9.04. The smallest absolute Gasteiger partial charge is 0.255 e. The molecular weight excluding hydrogens is 408 g/mol. The fourth-order valence-corrected chi connectivity index (χ4v) is 3.33. The molecule has 1 N–H and O–H groups in total. The first-order valence-electron chi connectivity index (χ1n) is 8.25. The van der Waals surface area contributed by atoms with Gasteiger partial charge in [0.2, 0.25) is 5.91 Å². The van der Waals surface area contributed by atoms with Crippen molar-refractivity contribution in [3.05, 3.63) is 81.9 Å². The van der Waals surface area contributed by atoms with Crippen LogP contribution in [0.5, 0.6) is 0 Å². The van der Waals surface area contributed by atoms with Gasteiger partial charge in [0.15, 0.2) is 0 Å². The van der Waals surface area contributed by atoms with E-state index in [0.29, 0.717) is 11.4 Å². The van der Waals surface area contributed by atoms with Gasteiger partial charge in [0.05, 0.1) is 22.4 Å². The van der Waals surface area contributed by atoms with Gasteiger partial charge in [-0.15, -0.1) is 0 Å². The summed E-state index contributed by atoms with van der Waals surface area (Å²) >= 11 is 3.45. The predicted molar refractivity (Wildman–Crippen MR) is 109 cm³/mol. The van der Waals surface area contributed by atoms with Gasteiger partial charge in [0.1, 0.15) is 6.33 Å². The summed E-state index contributed by atoms with van der Waals surface area (Å²) in [6, 6.07) is 16.3. The fraction of sp³-hybridized carbons (Fsp3) is 0.0500. The highest BCUT2D eigenvalue weighted by atomic mass is 79.9. The van der Waals surface area contributed by atoms with Crippen LogP contribution in [-0.2, 0) is 4.79 Å². The summed E-state index contributed by atoms with van der Waals surface area (Å²) in [6.07, 6.45) is 3.42. The lowest BCUT2D eigenvalue weighted by atomic mass is 10.2. The van der Waals surface area contributed by atoms with Crippen molar-refractivity contribution in [2.45, 2.75) is 6.92 Å². The SMILES string of the molecule is CC(=O)Nc1cc(-n2ccccc2=O)cc(-n2cnc3cc(Br)ccc32)c1. The Morgan fingerprint density at radius 2 is 1.81 bits per heavy atom. The zero-order valence-corrected chi connectivity index (χ0v) is 16.0. The van der Waals surface area contributed by atoms with E-state index in [-0.39, 0.29) is 11.5 Å². The van der Waals surface area contributed by atoms with Crippen molar-refractivity contribution in [2.75, 3.05) is 5.32 Å². The standard InChI is InChI=1S/C20H15BrN4O2/c1-13(26)23-15-9-16(24-7-3-2-4-20(24)27)11-17(10-15)25-12-22-18-8-14(21)5-6-19(18)25/h2-12H,1H3,(H,23,26). The van der Waals surface area contributed by atoms with Gasteiger partial charge in [0.25, 0.3) is 5.56 Å². The molecule has 2 aromatic carbocycles. The van der Waals surface area contributed by atoms with Crippen LogP contribution >= 0.6 is 15.9 Å². The third-order valence-electron chi connectivity index (χ3n) is 4.11. The van der Waals surface area contributed by atoms with Gasteiger partial charge in [0, 0.05) is 29.3 Å². The number of anilines is 1. The fourth-order valence-electron chi connectivity index (χ4n) is 2.98. The molecule has 0 radical (unpaired) electrons. The molecule has 7 heteroatoms. The van der Waals surface area contributed by atoms with Crippen LogP contribution < -0.4 is 10.9 Å². The Labute approximate surface area is 163 Å². The molecule has 0 aliphatic heterocycles. The maximum Gasteiger partial charge on any atom is 0.255 e. The molecule has 6 nitrogen and oxygen atoms in total. The zero-order valence-electron chi connectivity index (χ0n) is 14.4. The van der Waals surface area contributed by atoms with Crippen molar-refractivity contribution in [1.82, 2.24) is 14.1 Å². The van der Waals surface area contributed by atoms with Gasteiger partial charge in [-0.05, 0) is 42.5 Å². The summed E-state index contributed by atoms with van der Waals surface area (Å²) in [4.78, 5) is 28.3. The van der Waals surface area contributed by atoms with Crippen LogP contribution in [0.1, 0.15) is 6.92 Å². The summed E-state index contributed by atoms with van der Waals surface area (Å²) in [5.74, 6) is -0.182. The largest absolute Gasteiger partial charge is 0.326 e. The van der Waals surface area contributed by atoms with Gasteiger partial charge in [-0.2, -0.15) is 0 Å². The molecule has 0 aliphatic rings. The Morgan fingerprint density at radius 1 is 1.04 bits per heavy atom. The minimum Gasteiger partial charge on any atom is -0.326 e. The Hall–Kier alpha value is -3.19. The van der Waals surface area contributed by atoms with Gasteiger partial charge in [-0.1, -0.05) is 22.0 Å². The molecule has 0 atom stereocenters. The van der Waals surface area contributed by atoms with Gasteiger partial charge >= 0.3 is 0 Å². The van der Waals surface area contributed by atoms with Crippen molar-refractivity contribution in [2.24, 2.45) is 0 Å². The molecule has 2 heterocycles. The molecule has 1 amide bonds. The number of benzene rings is 2. The molecule has 0 fully saturated rings. The molecule has 0 saturated heterocycles. The molecular formula is C20H15BrN4O2. The minimum atomic E-state index is -0.182. The third-order valence-corrected chi connectivity index (χ3v) is 4.60. The van der Waals surface area contributed by atoms with E-state index in [0.717, 1.165) is 21.2 Å². The van der Waals surface area contributed by atoms with E-state index in [9.17, 15) is 9.59 Å². The number of amides is 1. The van der Waals surface area contributed by atoms with Gasteiger partial charge < -0.3 is 5.32 Å². The Balaban J connectivity index is 1.94. The minimum absolute atomic E-state index is 0.150. The average Bonchev–Trinajstić information content (AvgIpc) is 3.04. The van der Waals surface area contributed by atoms with E-state index in [1.165, 1.54) is 17.6 Å². The van der Waals surface area contributed by atoms with Crippen molar-refractivity contribution in [1.29, 1.82) is 0 Å². The molecule has 0 spiro atoms. The number of carbonyl (C=O) groups is 1. The second kappa shape index (κ2) is 6.85. The van der Waals surface area contributed by atoms with E-state index in [1.54, 1.807) is 30.7 Å². The Bertz CT molecular complexity index is 1230. The predicted octanol–water partition coefficient (Wildman–Crippen LogP) is 3.90. The molecule has 4 rings (SSSR count). The number of hydrogen-bond donors (Lipinski definition) is 1. The third kappa shape index (κ3) is 3.41. The first kappa shape index (κ1) is 17.2. The summed E-state index contributed by atoms with van der Waals surface area (Å²) in [5, 5.41) is 2.80. The highest BCUT2D eigenvalue weighted by molar-refractivity contribution is 9.10. The number of nitrogens with one attached hydrogen (secondary N) is 1. The topological polar surface area (TPSA) is 68.9 Å². The van der Waals surface area contributed by atoms with E-state index in [1.807, 2.05) is 34.9 Å². The van der Waals surface area contributed by atoms with Crippen molar-refractivity contribution in [3.63, 3.8) is 0 Å². The lowest BCUT2D eigenvalue weighted by molar-refractivity contribution is -0.114. The lowest BCUT2D eigenvalue weighted by Crippen LogP contribution is -2.16. The van der Waals surface area contributed by atoms with Crippen LogP contribution in [-0.4, -0.2) is 20.0 Å². The summed E-state index contributed by atoms with van der Waals surface area (Å²) < 4.78 is 4.40. The molecule has 2 aromatic heterocycles. The monoisotopic (exact) mass is 422 g/mol. The number of nitrogens with zero attached hydrogens (tertiary/aromatic N) is 3. The first-order chi connectivity index (χ1) is 13.0. The van der Waals surface area contributed by atoms with Crippen LogP contribution in [0.15, 0.2) is 76.4 Å². The normalized spacial score (nSPS) is 10.9. The van der Waals surface area contributed by atoms with Crippen LogP contribution in [0.25, 0.3) is 22.4 Å². The quantitative estimate of drug-likeness (QED) is 0.544. The number of imidazole rings is 1. The number of halogens is 1. The number of carbonyl (C=O) groups excluding carboxylic acids is 1. The maximum absolute atomic E-state index is 12.3. The number of pyridine rings is 1. The van der Waals surface area contributed by atoms with Crippen molar-refractivity contribution >= 4 is 38.6 Å². The molecule has 4 aromatic rings. The average molecular weight is 423 g/mol. The van der Waals surface area contributed by atoms with Crippen LogP contribution in [0.4, 0.5) is 5.69 Å². The molecule has 0 bridgehead atoms. The van der Waals surface area contributed by atoms with Crippen molar-refractivity contribution in [3.8, 4) is 11.4 Å². The second-order valence-electron chi connectivity index (χ2n) is 6.08. The van der Waals surface area contributed by atoms with Gasteiger partial charge in [-0.3, -0.25) is 18.7 Å². The summed E-state index contributed by atoms with van der Waals surface area (Å²) in [5.41, 5.74) is 3.66. The van der Waals surface area contributed by atoms with E-state index >= 15 is 0 Å². The van der Waals surface area contributed by atoms with E-state index < -0.39 is 0 Å². The lowest BCUT2D eigenvalue weighted by Gasteiger charge is -2.13. The van der Waals surface area contributed by atoms with Crippen LogP contribution in [0.3, 0.4) is 0 Å². The number of rotatable bonds is 3. The number of fused-ring (bicyclic) bond motifs is 1. The number of hydrogen-bond acceptors (Lipinski definition) is 3. The Kier molecular flexibility index (Phi) is 4.37. The summed E-state index contributed by atoms with van der Waals surface area (Å²) in [7, 11) is 0. The van der Waals surface area contributed by atoms with E-state index in [2.05, 4.69) is 26.2 Å². The Morgan fingerprint density at radius 3 is 2.56 bits per heavy atom. The highest BCUT2D eigenvalue weighted by Crippen LogP contribution is 2.25. The highest BCUT2D eigenvalue weighted by Gasteiger charge is 2.10. The van der Waals surface area contributed by atoms with Crippen LogP contribution in [0, 0.1) is 0 Å². The van der Waals surface area contributed by atoms with Crippen molar-refractivity contribution < 1.29 is 4.79 Å².